The first kappa shape index (κ1) is 14.3. The summed E-state index contributed by atoms with van der Waals surface area (Å²) in [5.41, 5.74) is 0. The highest BCUT2D eigenvalue weighted by Crippen LogP contribution is 2.31. The zero-order valence-corrected chi connectivity index (χ0v) is 12.9. The molecule has 0 aliphatic carbocycles. The second-order valence-electron chi connectivity index (χ2n) is 5.07. The summed E-state index contributed by atoms with van der Waals surface area (Å²) in [6.45, 7) is 3.44. The molecule has 0 radical (unpaired) electrons. The second kappa shape index (κ2) is 6.35. The summed E-state index contributed by atoms with van der Waals surface area (Å²) in [5, 5.41) is 3.46. The lowest BCUT2D eigenvalue weighted by Crippen LogP contribution is -2.45. The van der Waals surface area contributed by atoms with Crippen molar-refractivity contribution < 1.29 is 0 Å². The van der Waals surface area contributed by atoms with Crippen molar-refractivity contribution in [2.24, 2.45) is 0 Å². The van der Waals surface area contributed by atoms with E-state index >= 15 is 0 Å². The number of thiophene rings is 1. The van der Waals surface area contributed by atoms with Gasteiger partial charge in [0.15, 0.2) is 0 Å². The highest BCUT2D eigenvalue weighted by atomic mass is 35.5. The van der Waals surface area contributed by atoms with Crippen LogP contribution in [0.25, 0.3) is 0 Å². The molecule has 1 saturated heterocycles. The minimum Gasteiger partial charge on any atom is -0.311 e. The molecule has 1 N–H and O–H groups in total. The summed E-state index contributed by atoms with van der Waals surface area (Å²) >= 11 is 7.75. The predicted octanol–water partition coefficient (Wildman–Crippen LogP) is 2.30. The van der Waals surface area contributed by atoms with Gasteiger partial charge in [0.25, 0.3) is 0 Å². The zero-order chi connectivity index (χ0) is 13.1. The van der Waals surface area contributed by atoms with Gasteiger partial charge >= 0.3 is 0 Å². The first-order valence-electron chi connectivity index (χ1n) is 6.43. The van der Waals surface area contributed by atoms with Crippen molar-refractivity contribution in [3.05, 3.63) is 21.3 Å². The van der Waals surface area contributed by atoms with Crippen molar-refractivity contribution in [2.75, 3.05) is 40.8 Å². The lowest BCUT2D eigenvalue weighted by molar-refractivity contribution is 0.184. The molecule has 1 aromatic heterocycles. The predicted molar refractivity (Wildman–Crippen MR) is 79.7 cm³/mol. The fourth-order valence-corrected chi connectivity index (χ4v) is 3.91. The maximum Gasteiger partial charge on any atom is 0.0931 e. The van der Waals surface area contributed by atoms with Gasteiger partial charge in [0.05, 0.1) is 10.4 Å². The van der Waals surface area contributed by atoms with E-state index in [0.29, 0.717) is 12.1 Å². The quantitative estimate of drug-likeness (QED) is 0.920. The van der Waals surface area contributed by atoms with Crippen LogP contribution < -0.4 is 5.32 Å². The molecule has 102 valence electrons. The van der Waals surface area contributed by atoms with Crippen molar-refractivity contribution in [2.45, 2.75) is 18.5 Å². The molecule has 1 aliphatic heterocycles. The number of hydrogen-bond acceptors (Lipinski definition) is 4. The molecule has 0 amide bonds. The van der Waals surface area contributed by atoms with Gasteiger partial charge < -0.3 is 15.1 Å². The van der Waals surface area contributed by atoms with E-state index in [1.54, 1.807) is 11.3 Å². The largest absolute Gasteiger partial charge is 0.311 e. The van der Waals surface area contributed by atoms with E-state index < -0.39 is 0 Å². The molecule has 2 rings (SSSR count). The molecular formula is C13H22ClN3S. The van der Waals surface area contributed by atoms with Crippen molar-refractivity contribution in [1.29, 1.82) is 0 Å². The third kappa shape index (κ3) is 3.25. The number of halogens is 1. The third-order valence-corrected chi connectivity index (χ3v) is 5.03. The van der Waals surface area contributed by atoms with Crippen LogP contribution in [0.3, 0.4) is 0 Å². The lowest BCUT2D eigenvalue weighted by Gasteiger charge is -2.33. The Bertz CT molecular complexity index is 382. The first-order chi connectivity index (χ1) is 8.61. The summed E-state index contributed by atoms with van der Waals surface area (Å²) in [4.78, 5) is 6.22. The number of hydrogen-bond donors (Lipinski definition) is 1. The number of nitrogens with zero attached hydrogens (tertiary/aromatic N) is 2. The van der Waals surface area contributed by atoms with Crippen LogP contribution in [0.5, 0.6) is 0 Å². The Kier molecular flexibility index (Phi) is 5.04. The maximum absolute atomic E-state index is 6.06. The van der Waals surface area contributed by atoms with Gasteiger partial charge in [-0.05, 0) is 52.8 Å². The summed E-state index contributed by atoms with van der Waals surface area (Å²) in [7, 11) is 6.47. The van der Waals surface area contributed by atoms with E-state index in [4.69, 9.17) is 11.6 Å². The zero-order valence-electron chi connectivity index (χ0n) is 11.3. The summed E-state index contributed by atoms with van der Waals surface area (Å²) in [6, 6.07) is 4.99. The molecule has 1 fully saturated rings. The van der Waals surface area contributed by atoms with Crippen LogP contribution in [0.4, 0.5) is 0 Å². The smallest absolute Gasteiger partial charge is 0.0931 e. The third-order valence-electron chi connectivity index (χ3n) is 3.71. The van der Waals surface area contributed by atoms with E-state index in [1.165, 1.54) is 17.8 Å². The van der Waals surface area contributed by atoms with Crippen molar-refractivity contribution in [3.8, 4) is 0 Å². The maximum atomic E-state index is 6.06. The normalized spacial score (nSPS) is 25.0. The van der Waals surface area contributed by atoms with Crippen molar-refractivity contribution in [3.63, 3.8) is 0 Å². The highest BCUT2D eigenvalue weighted by molar-refractivity contribution is 7.16. The van der Waals surface area contributed by atoms with E-state index in [0.717, 1.165) is 17.4 Å². The van der Waals surface area contributed by atoms with E-state index in [2.05, 4.69) is 35.3 Å². The molecule has 0 saturated carbocycles. The molecule has 18 heavy (non-hydrogen) atoms. The van der Waals surface area contributed by atoms with Gasteiger partial charge in [0, 0.05) is 17.5 Å². The number of rotatable bonds is 3. The van der Waals surface area contributed by atoms with Crippen LogP contribution in [-0.2, 0) is 0 Å². The van der Waals surface area contributed by atoms with Crippen molar-refractivity contribution >= 4 is 22.9 Å². The fourth-order valence-electron chi connectivity index (χ4n) is 2.69. The Labute approximate surface area is 119 Å². The Morgan fingerprint density at radius 1 is 1.39 bits per heavy atom. The lowest BCUT2D eigenvalue weighted by atomic mass is 10.1. The molecule has 5 heteroatoms. The summed E-state index contributed by atoms with van der Waals surface area (Å²) in [5.74, 6) is 0. The Morgan fingerprint density at radius 2 is 2.17 bits per heavy atom. The minimum absolute atomic E-state index is 0.355. The van der Waals surface area contributed by atoms with Gasteiger partial charge in [0.2, 0.25) is 0 Å². The van der Waals surface area contributed by atoms with Gasteiger partial charge in [-0.3, -0.25) is 0 Å². The molecule has 1 aliphatic rings. The fraction of sp³-hybridized carbons (Fsp3) is 0.692. The molecule has 0 aromatic carbocycles. The van der Waals surface area contributed by atoms with Crippen LogP contribution in [0.1, 0.15) is 17.3 Å². The van der Waals surface area contributed by atoms with Gasteiger partial charge in [-0.15, -0.1) is 11.3 Å². The topological polar surface area (TPSA) is 18.5 Å². The second-order valence-corrected chi connectivity index (χ2v) is 6.82. The molecule has 2 unspecified atom stereocenters. The van der Waals surface area contributed by atoms with Crippen LogP contribution in [0.2, 0.25) is 4.34 Å². The van der Waals surface area contributed by atoms with Gasteiger partial charge in [-0.25, -0.2) is 0 Å². The van der Waals surface area contributed by atoms with Crippen molar-refractivity contribution in [1.82, 2.24) is 15.1 Å². The monoisotopic (exact) mass is 287 g/mol. The Hall–Kier alpha value is -0.130. The summed E-state index contributed by atoms with van der Waals surface area (Å²) < 4.78 is 0.870. The Balaban J connectivity index is 2.19. The average Bonchev–Trinajstić information content (AvgIpc) is 2.67. The molecule has 2 heterocycles. The average molecular weight is 288 g/mol. The van der Waals surface area contributed by atoms with Gasteiger partial charge in [-0.2, -0.15) is 0 Å². The van der Waals surface area contributed by atoms with Crippen LogP contribution in [0.15, 0.2) is 12.1 Å². The molecule has 1 aromatic rings. The Morgan fingerprint density at radius 3 is 2.78 bits per heavy atom. The molecule has 3 nitrogen and oxygen atoms in total. The molecule has 2 atom stereocenters. The minimum atomic E-state index is 0.355. The van der Waals surface area contributed by atoms with E-state index in [-0.39, 0.29) is 0 Å². The number of likely N-dealkylation sites (N-methyl/N-ethyl adjacent to an activating group) is 3. The standard InChI is InChI=1S/C13H22ClN3S/c1-15-13(11-5-6-12(14)18-11)10-9-16(2)7-4-8-17(10)3/h5-6,10,13,15H,4,7-9H2,1-3H3. The van der Waals surface area contributed by atoms with Gasteiger partial charge in [-0.1, -0.05) is 11.6 Å². The molecule has 0 bridgehead atoms. The summed E-state index contributed by atoms with van der Waals surface area (Å²) in [6.07, 6.45) is 1.24. The molecular weight excluding hydrogens is 266 g/mol. The first-order valence-corrected chi connectivity index (χ1v) is 7.62. The van der Waals surface area contributed by atoms with Crippen LogP contribution >= 0.6 is 22.9 Å². The highest BCUT2D eigenvalue weighted by Gasteiger charge is 2.29. The number of nitrogens with one attached hydrogen (secondary N) is 1. The van der Waals surface area contributed by atoms with Gasteiger partial charge in [0.1, 0.15) is 0 Å². The van der Waals surface area contributed by atoms with E-state index in [1.807, 2.05) is 13.1 Å². The van der Waals surface area contributed by atoms with Crippen LogP contribution in [0, 0.1) is 0 Å². The van der Waals surface area contributed by atoms with Crippen LogP contribution in [-0.4, -0.2) is 56.6 Å². The SMILES string of the molecule is CNC(c1ccc(Cl)s1)C1CN(C)CCCN1C. The molecule has 0 spiro atoms. The van der Waals surface area contributed by atoms with E-state index in [9.17, 15) is 0 Å².